The van der Waals surface area contributed by atoms with E-state index >= 15 is 0 Å². The highest BCUT2D eigenvalue weighted by molar-refractivity contribution is 5.81. The number of carbonyl (C=O) groups excluding carboxylic acids is 1. The van der Waals surface area contributed by atoms with Gasteiger partial charge in [-0.05, 0) is 25.8 Å². The second-order valence-electron chi connectivity index (χ2n) is 7.31. The van der Waals surface area contributed by atoms with Gasteiger partial charge < -0.3 is 4.90 Å². The van der Waals surface area contributed by atoms with E-state index in [2.05, 4.69) is 10.2 Å². The topological polar surface area (TPSA) is 78.0 Å². The number of alkyl halides is 4. The van der Waals surface area contributed by atoms with Crippen molar-refractivity contribution in [2.24, 2.45) is 0 Å². The van der Waals surface area contributed by atoms with E-state index in [1.165, 1.54) is 14.1 Å². The maximum absolute atomic E-state index is 13.1. The molecule has 0 saturated carbocycles. The SMILES string of the molecule is CCn1nc(C(F)(F)F)cc1Cn1nc2n(c1=O)C(C(=O)N1CC(F)C1)CCC2. The molecule has 0 N–H and O–H groups in total. The van der Waals surface area contributed by atoms with Gasteiger partial charge >= 0.3 is 11.9 Å². The highest BCUT2D eigenvalue weighted by Crippen LogP contribution is 2.29. The number of nitrogens with zero attached hydrogens (tertiary/aromatic N) is 6. The van der Waals surface area contributed by atoms with Crippen LogP contribution in [0.5, 0.6) is 0 Å². The average molecular weight is 416 g/mol. The van der Waals surface area contributed by atoms with E-state index in [-0.39, 0.29) is 37.8 Å². The summed E-state index contributed by atoms with van der Waals surface area (Å²) in [5.41, 5.74) is -1.39. The number of carbonyl (C=O) groups is 1. The maximum Gasteiger partial charge on any atom is 0.435 e. The number of rotatable bonds is 4. The minimum absolute atomic E-state index is 0.0173. The van der Waals surface area contributed by atoms with E-state index in [1.54, 1.807) is 6.92 Å². The Morgan fingerprint density at radius 2 is 1.97 bits per heavy atom. The van der Waals surface area contributed by atoms with Crippen LogP contribution in [0.15, 0.2) is 10.9 Å². The zero-order valence-corrected chi connectivity index (χ0v) is 15.7. The first-order valence-electron chi connectivity index (χ1n) is 9.44. The Kier molecular flexibility index (Phi) is 4.74. The second-order valence-corrected chi connectivity index (χ2v) is 7.31. The first-order chi connectivity index (χ1) is 13.7. The van der Waals surface area contributed by atoms with Crippen LogP contribution < -0.4 is 5.69 Å². The molecule has 1 amide bonds. The second kappa shape index (κ2) is 6.99. The van der Waals surface area contributed by atoms with Crippen LogP contribution in [0.2, 0.25) is 0 Å². The lowest BCUT2D eigenvalue weighted by molar-refractivity contribution is -0.143. The molecule has 29 heavy (non-hydrogen) atoms. The Bertz CT molecular complexity index is 985. The van der Waals surface area contributed by atoms with E-state index in [1.807, 2.05) is 0 Å². The van der Waals surface area contributed by atoms with E-state index in [4.69, 9.17) is 0 Å². The fraction of sp³-hybridized carbons (Fsp3) is 0.647. The lowest BCUT2D eigenvalue weighted by Crippen LogP contribution is -2.54. The fourth-order valence-corrected chi connectivity index (χ4v) is 3.83. The number of hydrogen-bond acceptors (Lipinski definition) is 4. The van der Waals surface area contributed by atoms with Crippen LogP contribution in [0.3, 0.4) is 0 Å². The normalized spacial score (nSPS) is 19.9. The third-order valence-electron chi connectivity index (χ3n) is 5.33. The van der Waals surface area contributed by atoms with Crippen LogP contribution in [0, 0.1) is 0 Å². The van der Waals surface area contributed by atoms with Crippen LogP contribution in [0.1, 0.15) is 43.0 Å². The number of aryl methyl sites for hydroxylation is 2. The van der Waals surface area contributed by atoms with Gasteiger partial charge in [-0.2, -0.15) is 23.4 Å². The van der Waals surface area contributed by atoms with Crippen molar-refractivity contribution in [1.82, 2.24) is 29.0 Å². The molecule has 4 rings (SSSR count). The van der Waals surface area contributed by atoms with Crippen molar-refractivity contribution >= 4 is 5.91 Å². The summed E-state index contributed by atoms with van der Waals surface area (Å²) in [5, 5.41) is 7.79. The molecule has 2 aliphatic heterocycles. The van der Waals surface area contributed by atoms with Crippen molar-refractivity contribution in [3.05, 3.63) is 33.8 Å². The van der Waals surface area contributed by atoms with Gasteiger partial charge in [0.25, 0.3) is 0 Å². The summed E-state index contributed by atoms with van der Waals surface area (Å²) in [5.74, 6) is 0.0926. The van der Waals surface area contributed by atoms with Crippen LogP contribution in [0.4, 0.5) is 17.6 Å². The number of halogens is 4. The number of hydrogen-bond donors (Lipinski definition) is 0. The molecule has 12 heteroatoms. The summed E-state index contributed by atoms with van der Waals surface area (Å²) in [7, 11) is 0. The lowest BCUT2D eigenvalue weighted by Gasteiger charge is -2.37. The number of likely N-dealkylation sites (tertiary alicyclic amines) is 1. The van der Waals surface area contributed by atoms with Crippen molar-refractivity contribution in [3.63, 3.8) is 0 Å². The molecule has 1 fully saturated rings. The molecule has 1 atom stereocenters. The van der Waals surface area contributed by atoms with Crippen molar-refractivity contribution < 1.29 is 22.4 Å². The van der Waals surface area contributed by atoms with E-state index < -0.39 is 29.8 Å². The van der Waals surface area contributed by atoms with Crippen molar-refractivity contribution in [1.29, 1.82) is 0 Å². The number of aromatic nitrogens is 5. The van der Waals surface area contributed by atoms with E-state index in [9.17, 15) is 27.2 Å². The first-order valence-corrected chi connectivity index (χ1v) is 9.44. The van der Waals surface area contributed by atoms with Crippen LogP contribution >= 0.6 is 0 Å². The Morgan fingerprint density at radius 3 is 2.59 bits per heavy atom. The van der Waals surface area contributed by atoms with Gasteiger partial charge in [-0.15, -0.1) is 0 Å². The third kappa shape index (κ3) is 3.44. The molecule has 2 aliphatic rings. The molecule has 1 saturated heterocycles. The monoisotopic (exact) mass is 416 g/mol. The van der Waals surface area contributed by atoms with Gasteiger partial charge in [0.1, 0.15) is 18.0 Å². The Balaban J connectivity index is 1.64. The molecule has 1 unspecified atom stereocenters. The third-order valence-corrected chi connectivity index (χ3v) is 5.33. The van der Waals surface area contributed by atoms with Gasteiger partial charge in [0.15, 0.2) is 5.69 Å². The van der Waals surface area contributed by atoms with E-state index in [0.29, 0.717) is 25.1 Å². The zero-order chi connectivity index (χ0) is 20.9. The Hall–Kier alpha value is -2.66. The van der Waals surface area contributed by atoms with Crippen LogP contribution in [-0.4, -0.2) is 54.2 Å². The van der Waals surface area contributed by atoms with Gasteiger partial charge in [0.2, 0.25) is 5.91 Å². The molecule has 2 aromatic heterocycles. The Labute approximate surface area is 162 Å². The van der Waals surface area contributed by atoms with Crippen LogP contribution in [-0.2, 0) is 30.5 Å². The average Bonchev–Trinajstić information content (AvgIpc) is 3.20. The molecule has 8 nitrogen and oxygen atoms in total. The lowest BCUT2D eigenvalue weighted by atomic mass is 10.0. The van der Waals surface area contributed by atoms with Crippen molar-refractivity contribution in [3.8, 4) is 0 Å². The molecular weight excluding hydrogens is 396 g/mol. The molecule has 0 radical (unpaired) electrons. The van der Waals surface area contributed by atoms with E-state index in [0.717, 1.165) is 10.7 Å². The molecule has 0 aliphatic carbocycles. The Morgan fingerprint density at radius 1 is 1.24 bits per heavy atom. The summed E-state index contributed by atoms with van der Waals surface area (Å²) in [4.78, 5) is 26.9. The zero-order valence-electron chi connectivity index (χ0n) is 15.7. The molecule has 4 heterocycles. The fourth-order valence-electron chi connectivity index (χ4n) is 3.83. The molecule has 0 bridgehead atoms. The first kappa shape index (κ1) is 19.6. The number of amides is 1. The maximum atomic E-state index is 13.1. The summed E-state index contributed by atoms with van der Waals surface area (Å²) in [6.45, 7) is 1.70. The predicted octanol–water partition coefficient (Wildman–Crippen LogP) is 1.39. The molecule has 2 aromatic rings. The van der Waals surface area contributed by atoms with Crippen molar-refractivity contribution in [2.75, 3.05) is 13.1 Å². The highest BCUT2D eigenvalue weighted by atomic mass is 19.4. The largest absolute Gasteiger partial charge is 0.435 e. The van der Waals surface area contributed by atoms with Gasteiger partial charge in [0.05, 0.1) is 25.3 Å². The molecular formula is C17H20F4N6O2. The predicted molar refractivity (Wildman–Crippen MR) is 91.9 cm³/mol. The van der Waals surface area contributed by atoms with Crippen molar-refractivity contribution in [2.45, 2.75) is 57.7 Å². The highest BCUT2D eigenvalue weighted by Gasteiger charge is 2.39. The minimum atomic E-state index is -4.59. The quantitative estimate of drug-likeness (QED) is 0.706. The van der Waals surface area contributed by atoms with Gasteiger partial charge in [-0.3, -0.25) is 14.0 Å². The van der Waals surface area contributed by atoms with Gasteiger partial charge in [0, 0.05) is 13.0 Å². The standard InChI is InChI=1S/C17H20F4N6O2/c1-2-25-11(6-13(22-25)17(19,20)21)9-26-16(29)27-12(4-3-5-14(27)23-26)15(28)24-7-10(18)8-24/h6,10,12H,2-5,7-9H2,1H3. The van der Waals surface area contributed by atoms with Gasteiger partial charge in [-0.25, -0.2) is 13.9 Å². The molecule has 0 spiro atoms. The van der Waals surface area contributed by atoms with Gasteiger partial charge in [-0.1, -0.05) is 0 Å². The summed E-state index contributed by atoms with van der Waals surface area (Å²) >= 11 is 0. The van der Waals surface area contributed by atoms with Crippen LogP contribution in [0.25, 0.3) is 0 Å². The molecule has 158 valence electrons. The number of fused-ring (bicyclic) bond motifs is 1. The summed E-state index contributed by atoms with van der Waals surface area (Å²) in [6, 6.07) is 0.146. The molecule has 0 aromatic carbocycles. The summed E-state index contributed by atoms with van der Waals surface area (Å²) < 4.78 is 55.6. The smallest absolute Gasteiger partial charge is 0.335 e. The minimum Gasteiger partial charge on any atom is -0.335 e. The summed E-state index contributed by atoms with van der Waals surface area (Å²) in [6.07, 6.45) is -4.06.